The first kappa shape index (κ1) is 9.52. The maximum Gasteiger partial charge on any atom is 0.248 e. The molecular formula is C12H11NO2. The molecule has 2 aromatic rings. The molecule has 2 rings (SSSR count). The minimum atomic E-state index is -0.141. The van der Waals surface area contributed by atoms with Gasteiger partial charge in [-0.05, 0) is 24.6 Å². The lowest BCUT2D eigenvalue weighted by Crippen LogP contribution is -2.03. The molecule has 0 aliphatic rings. The fraction of sp³-hybridized carbons (Fsp3) is 0.0833. The van der Waals surface area contributed by atoms with Crippen molar-refractivity contribution in [1.82, 2.24) is 4.98 Å². The first-order chi connectivity index (χ1) is 7.22. The Morgan fingerprint density at radius 2 is 2.13 bits per heavy atom. The number of hydrogen-bond acceptors (Lipinski definition) is 2. The molecule has 0 radical (unpaired) electrons. The van der Waals surface area contributed by atoms with E-state index in [4.69, 9.17) is 0 Å². The first-order valence-corrected chi connectivity index (χ1v) is 4.67. The number of rotatable bonds is 2. The number of fused-ring (bicyclic) bond motifs is 1. The molecule has 0 saturated heterocycles. The summed E-state index contributed by atoms with van der Waals surface area (Å²) < 4.78 is 0. The molecule has 0 amide bonds. The normalized spacial score (nSPS) is 10.4. The van der Waals surface area contributed by atoms with Crippen LogP contribution < -0.4 is 5.56 Å². The van der Waals surface area contributed by atoms with Gasteiger partial charge in [-0.25, -0.2) is 0 Å². The monoisotopic (exact) mass is 201 g/mol. The topological polar surface area (TPSA) is 53.1 Å². The Morgan fingerprint density at radius 1 is 1.33 bits per heavy atom. The predicted octanol–water partition coefficient (Wildman–Crippen LogP) is 1.96. The second-order valence-corrected chi connectivity index (χ2v) is 3.34. The molecule has 0 aliphatic carbocycles. The predicted molar refractivity (Wildman–Crippen MR) is 60.1 cm³/mol. The fourth-order valence-electron chi connectivity index (χ4n) is 1.64. The number of aromatic nitrogens is 1. The van der Waals surface area contributed by atoms with E-state index in [9.17, 15) is 9.90 Å². The Hall–Kier alpha value is -2.03. The highest BCUT2D eigenvalue weighted by molar-refractivity contribution is 5.84. The Bertz CT molecular complexity index is 569. The van der Waals surface area contributed by atoms with E-state index in [0.29, 0.717) is 6.42 Å². The van der Waals surface area contributed by atoms with Crippen molar-refractivity contribution in [3.63, 3.8) is 0 Å². The lowest BCUT2D eigenvalue weighted by atomic mass is 10.0. The Labute approximate surface area is 86.7 Å². The highest BCUT2D eigenvalue weighted by atomic mass is 16.3. The minimum absolute atomic E-state index is 0.141. The summed E-state index contributed by atoms with van der Waals surface area (Å²) in [7, 11) is 0. The van der Waals surface area contributed by atoms with E-state index in [0.717, 1.165) is 16.5 Å². The van der Waals surface area contributed by atoms with Crippen molar-refractivity contribution >= 4 is 10.9 Å². The van der Waals surface area contributed by atoms with Crippen LogP contribution in [-0.4, -0.2) is 10.1 Å². The molecule has 0 saturated carbocycles. The highest BCUT2D eigenvalue weighted by Crippen LogP contribution is 2.25. The van der Waals surface area contributed by atoms with Crippen LogP contribution in [0.1, 0.15) is 5.56 Å². The quantitative estimate of drug-likeness (QED) is 0.730. The summed E-state index contributed by atoms with van der Waals surface area (Å²) in [5, 5.41) is 10.5. The molecule has 3 nitrogen and oxygen atoms in total. The van der Waals surface area contributed by atoms with Crippen molar-refractivity contribution in [2.45, 2.75) is 6.42 Å². The number of benzene rings is 1. The van der Waals surface area contributed by atoms with E-state index in [-0.39, 0.29) is 11.3 Å². The zero-order chi connectivity index (χ0) is 10.8. The zero-order valence-corrected chi connectivity index (χ0v) is 8.16. The van der Waals surface area contributed by atoms with Crippen molar-refractivity contribution in [2.75, 3.05) is 0 Å². The van der Waals surface area contributed by atoms with E-state index in [2.05, 4.69) is 11.6 Å². The zero-order valence-electron chi connectivity index (χ0n) is 8.16. The number of hydrogen-bond donors (Lipinski definition) is 2. The standard InChI is InChI=1S/C12H11NO2/c1-2-3-9-8-4-7-12(15)13-10(8)5-6-11(9)14/h2,4-7,14H,1,3H2,(H,13,15). The summed E-state index contributed by atoms with van der Waals surface area (Å²) in [5.41, 5.74) is 1.38. The molecule has 15 heavy (non-hydrogen) atoms. The van der Waals surface area contributed by atoms with Gasteiger partial charge in [0.05, 0.1) is 0 Å². The van der Waals surface area contributed by atoms with Gasteiger partial charge in [0.15, 0.2) is 0 Å². The molecule has 0 spiro atoms. The van der Waals surface area contributed by atoms with E-state index in [1.54, 1.807) is 24.3 Å². The molecule has 0 fully saturated rings. The second kappa shape index (κ2) is 3.61. The molecular weight excluding hydrogens is 190 g/mol. The van der Waals surface area contributed by atoms with Gasteiger partial charge in [-0.3, -0.25) is 4.79 Å². The minimum Gasteiger partial charge on any atom is -0.508 e. The first-order valence-electron chi connectivity index (χ1n) is 4.67. The van der Waals surface area contributed by atoms with E-state index in [1.807, 2.05) is 0 Å². The second-order valence-electron chi connectivity index (χ2n) is 3.34. The Kier molecular flexibility index (Phi) is 2.29. The maximum absolute atomic E-state index is 11.1. The van der Waals surface area contributed by atoms with Crippen LogP contribution in [0.3, 0.4) is 0 Å². The molecule has 76 valence electrons. The highest BCUT2D eigenvalue weighted by Gasteiger charge is 2.05. The Morgan fingerprint density at radius 3 is 2.87 bits per heavy atom. The smallest absolute Gasteiger partial charge is 0.248 e. The number of phenolic OH excluding ortho intramolecular Hbond substituents is 1. The van der Waals surface area contributed by atoms with Crippen molar-refractivity contribution in [1.29, 1.82) is 0 Å². The van der Waals surface area contributed by atoms with Crippen LogP contribution in [-0.2, 0) is 6.42 Å². The molecule has 2 N–H and O–H groups in total. The number of pyridine rings is 1. The summed E-state index contributed by atoms with van der Waals surface area (Å²) in [6.07, 6.45) is 2.30. The summed E-state index contributed by atoms with van der Waals surface area (Å²) in [5.74, 6) is 0.231. The van der Waals surface area contributed by atoms with Gasteiger partial charge in [0.25, 0.3) is 0 Å². The number of phenols is 1. The van der Waals surface area contributed by atoms with Gasteiger partial charge in [0.1, 0.15) is 5.75 Å². The third-order valence-corrected chi connectivity index (χ3v) is 2.34. The molecule has 0 unspecified atom stereocenters. The van der Waals surface area contributed by atoms with Gasteiger partial charge in [-0.1, -0.05) is 6.08 Å². The molecule has 0 aliphatic heterocycles. The van der Waals surface area contributed by atoms with E-state index in [1.165, 1.54) is 6.07 Å². The number of aromatic amines is 1. The lowest BCUT2D eigenvalue weighted by Gasteiger charge is -2.06. The van der Waals surface area contributed by atoms with Crippen LogP contribution in [0.25, 0.3) is 10.9 Å². The van der Waals surface area contributed by atoms with Gasteiger partial charge in [0.2, 0.25) is 5.56 Å². The fourth-order valence-corrected chi connectivity index (χ4v) is 1.64. The third kappa shape index (κ3) is 1.64. The van der Waals surface area contributed by atoms with Gasteiger partial charge in [-0.2, -0.15) is 0 Å². The van der Waals surface area contributed by atoms with Gasteiger partial charge < -0.3 is 10.1 Å². The molecule has 1 heterocycles. The molecule has 0 atom stereocenters. The number of allylic oxidation sites excluding steroid dienone is 1. The summed E-state index contributed by atoms with van der Waals surface area (Å²) >= 11 is 0. The number of nitrogens with one attached hydrogen (secondary N) is 1. The van der Waals surface area contributed by atoms with Crippen LogP contribution in [0.2, 0.25) is 0 Å². The van der Waals surface area contributed by atoms with E-state index >= 15 is 0 Å². The van der Waals surface area contributed by atoms with Gasteiger partial charge in [0, 0.05) is 22.5 Å². The summed E-state index contributed by atoms with van der Waals surface area (Å²) in [6, 6.07) is 6.44. The van der Waals surface area contributed by atoms with E-state index < -0.39 is 0 Å². The van der Waals surface area contributed by atoms with Gasteiger partial charge in [-0.15, -0.1) is 6.58 Å². The molecule has 1 aromatic heterocycles. The average Bonchev–Trinajstić information content (AvgIpc) is 2.22. The molecule has 3 heteroatoms. The van der Waals surface area contributed by atoms with Crippen LogP contribution in [0.5, 0.6) is 5.75 Å². The van der Waals surface area contributed by atoms with Gasteiger partial charge >= 0.3 is 0 Å². The average molecular weight is 201 g/mol. The lowest BCUT2D eigenvalue weighted by molar-refractivity contribution is 0.471. The van der Waals surface area contributed by atoms with Crippen LogP contribution >= 0.6 is 0 Å². The van der Waals surface area contributed by atoms with Crippen LogP contribution in [0.4, 0.5) is 0 Å². The SMILES string of the molecule is C=CCc1c(O)ccc2[nH]c(=O)ccc12. The van der Waals surface area contributed by atoms with Crippen molar-refractivity contribution in [2.24, 2.45) is 0 Å². The third-order valence-electron chi connectivity index (χ3n) is 2.34. The molecule has 1 aromatic carbocycles. The number of H-pyrrole nitrogens is 1. The van der Waals surface area contributed by atoms with Crippen molar-refractivity contribution < 1.29 is 5.11 Å². The summed E-state index contributed by atoms with van der Waals surface area (Å²) in [6.45, 7) is 3.64. The number of aromatic hydroxyl groups is 1. The van der Waals surface area contributed by atoms with Crippen LogP contribution in [0, 0.1) is 0 Å². The van der Waals surface area contributed by atoms with Crippen LogP contribution in [0.15, 0.2) is 41.7 Å². The van der Waals surface area contributed by atoms with Crippen molar-refractivity contribution in [3.05, 3.63) is 52.8 Å². The largest absolute Gasteiger partial charge is 0.508 e. The van der Waals surface area contributed by atoms with Crippen molar-refractivity contribution in [3.8, 4) is 5.75 Å². The Balaban J connectivity index is 2.81. The maximum atomic E-state index is 11.1. The molecule has 0 bridgehead atoms. The summed E-state index contributed by atoms with van der Waals surface area (Å²) in [4.78, 5) is 13.8.